The molecular formula is C13H11N3O. The second kappa shape index (κ2) is 3.83. The van der Waals surface area contributed by atoms with Crippen LogP contribution in [-0.2, 0) is 0 Å². The van der Waals surface area contributed by atoms with Crippen LogP contribution < -0.4 is 10.5 Å². The van der Waals surface area contributed by atoms with Crippen molar-refractivity contribution < 1.29 is 4.74 Å². The molecule has 0 spiro atoms. The lowest BCUT2D eigenvalue weighted by Gasteiger charge is -2.04. The molecule has 0 aliphatic heterocycles. The highest BCUT2D eigenvalue weighted by atomic mass is 16.5. The molecule has 84 valence electrons. The van der Waals surface area contributed by atoms with E-state index in [0.717, 1.165) is 22.4 Å². The van der Waals surface area contributed by atoms with Crippen molar-refractivity contribution in [2.24, 2.45) is 0 Å². The first-order chi connectivity index (χ1) is 8.33. The fraction of sp³-hybridized carbons (Fsp3) is 0. The first-order valence-corrected chi connectivity index (χ1v) is 5.29. The number of para-hydroxylation sites is 1. The SMILES string of the molecule is Nc1n[nH]c2cc(Oc3ccccc3)ccc12. The first-order valence-electron chi connectivity index (χ1n) is 5.29. The third-order valence-corrected chi connectivity index (χ3v) is 2.54. The summed E-state index contributed by atoms with van der Waals surface area (Å²) in [5.41, 5.74) is 6.57. The normalized spacial score (nSPS) is 10.6. The number of nitrogens with one attached hydrogen (secondary N) is 1. The molecule has 0 aliphatic rings. The van der Waals surface area contributed by atoms with Gasteiger partial charge >= 0.3 is 0 Å². The number of anilines is 1. The summed E-state index contributed by atoms with van der Waals surface area (Å²) in [6.45, 7) is 0. The Labute approximate surface area is 98.0 Å². The molecule has 0 radical (unpaired) electrons. The number of nitrogens with two attached hydrogens (primary N) is 1. The lowest BCUT2D eigenvalue weighted by atomic mass is 10.2. The maximum Gasteiger partial charge on any atom is 0.153 e. The van der Waals surface area contributed by atoms with Crippen molar-refractivity contribution in [3.63, 3.8) is 0 Å². The largest absolute Gasteiger partial charge is 0.457 e. The molecule has 4 heteroatoms. The Balaban J connectivity index is 1.96. The smallest absolute Gasteiger partial charge is 0.153 e. The van der Waals surface area contributed by atoms with E-state index in [2.05, 4.69) is 10.2 Å². The van der Waals surface area contributed by atoms with Crippen LogP contribution in [0, 0.1) is 0 Å². The summed E-state index contributed by atoms with van der Waals surface area (Å²) >= 11 is 0. The molecule has 1 heterocycles. The van der Waals surface area contributed by atoms with Crippen LogP contribution >= 0.6 is 0 Å². The van der Waals surface area contributed by atoms with Crippen LogP contribution in [0.15, 0.2) is 48.5 Å². The molecule has 3 N–H and O–H groups in total. The van der Waals surface area contributed by atoms with Crippen molar-refractivity contribution in [2.75, 3.05) is 5.73 Å². The van der Waals surface area contributed by atoms with Crippen LogP contribution in [0.2, 0.25) is 0 Å². The summed E-state index contributed by atoms with van der Waals surface area (Å²) in [4.78, 5) is 0. The van der Waals surface area contributed by atoms with E-state index in [9.17, 15) is 0 Å². The minimum Gasteiger partial charge on any atom is -0.457 e. The van der Waals surface area contributed by atoms with E-state index in [1.165, 1.54) is 0 Å². The van der Waals surface area contributed by atoms with E-state index < -0.39 is 0 Å². The van der Waals surface area contributed by atoms with Crippen molar-refractivity contribution in [1.82, 2.24) is 10.2 Å². The number of hydrogen-bond acceptors (Lipinski definition) is 3. The number of fused-ring (bicyclic) bond motifs is 1. The molecule has 3 aromatic rings. The average Bonchev–Trinajstić information content (AvgIpc) is 2.72. The number of nitrogen functional groups attached to an aromatic ring is 1. The molecular weight excluding hydrogens is 214 g/mol. The highest BCUT2D eigenvalue weighted by Crippen LogP contribution is 2.26. The Morgan fingerprint density at radius 3 is 2.65 bits per heavy atom. The molecule has 0 saturated carbocycles. The molecule has 0 bridgehead atoms. The number of aromatic nitrogens is 2. The zero-order valence-electron chi connectivity index (χ0n) is 9.05. The van der Waals surface area contributed by atoms with Crippen molar-refractivity contribution in [1.29, 1.82) is 0 Å². The van der Waals surface area contributed by atoms with Gasteiger partial charge in [0.2, 0.25) is 0 Å². The van der Waals surface area contributed by atoms with Gasteiger partial charge < -0.3 is 10.5 Å². The number of aromatic amines is 1. The fourth-order valence-corrected chi connectivity index (χ4v) is 1.71. The standard InChI is InChI=1S/C13H11N3O/c14-13-11-7-6-10(8-12(11)15-16-13)17-9-4-2-1-3-5-9/h1-8H,(H3,14,15,16). The van der Waals surface area contributed by atoms with Gasteiger partial charge in [-0.1, -0.05) is 18.2 Å². The number of H-pyrrole nitrogens is 1. The molecule has 0 aliphatic carbocycles. The monoisotopic (exact) mass is 225 g/mol. The lowest BCUT2D eigenvalue weighted by molar-refractivity contribution is 0.483. The van der Waals surface area contributed by atoms with Crippen molar-refractivity contribution in [3.8, 4) is 11.5 Å². The van der Waals surface area contributed by atoms with Gasteiger partial charge in [0.25, 0.3) is 0 Å². The Bertz CT molecular complexity index is 646. The lowest BCUT2D eigenvalue weighted by Crippen LogP contribution is -1.84. The molecule has 2 aromatic carbocycles. The molecule has 3 rings (SSSR count). The van der Waals surface area contributed by atoms with Crippen LogP contribution in [0.1, 0.15) is 0 Å². The van der Waals surface area contributed by atoms with Crippen LogP contribution in [0.5, 0.6) is 11.5 Å². The second-order valence-electron chi connectivity index (χ2n) is 3.73. The third-order valence-electron chi connectivity index (χ3n) is 2.54. The molecule has 0 unspecified atom stereocenters. The van der Waals surface area contributed by atoms with Gasteiger partial charge in [0.1, 0.15) is 11.5 Å². The zero-order chi connectivity index (χ0) is 11.7. The molecule has 0 fully saturated rings. The van der Waals surface area contributed by atoms with Gasteiger partial charge in [0, 0.05) is 11.5 Å². The Hall–Kier alpha value is -2.49. The molecule has 17 heavy (non-hydrogen) atoms. The molecule has 0 atom stereocenters. The zero-order valence-corrected chi connectivity index (χ0v) is 9.05. The van der Waals surface area contributed by atoms with Gasteiger partial charge in [-0.15, -0.1) is 0 Å². The summed E-state index contributed by atoms with van der Waals surface area (Å²) < 4.78 is 5.71. The highest BCUT2D eigenvalue weighted by molar-refractivity contribution is 5.89. The number of hydrogen-bond donors (Lipinski definition) is 2. The van der Waals surface area contributed by atoms with Crippen molar-refractivity contribution >= 4 is 16.7 Å². The Morgan fingerprint density at radius 1 is 1.00 bits per heavy atom. The number of benzene rings is 2. The summed E-state index contributed by atoms with van der Waals surface area (Å²) in [5.74, 6) is 2.07. The van der Waals surface area contributed by atoms with Crippen LogP contribution in [0.4, 0.5) is 5.82 Å². The van der Waals surface area contributed by atoms with Crippen molar-refractivity contribution in [2.45, 2.75) is 0 Å². The van der Waals surface area contributed by atoms with E-state index in [4.69, 9.17) is 10.5 Å². The summed E-state index contributed by atoms with van der Waals surface area (Å²) in [7, 11) is 0. The number of ether oxygens (including phenoxy) is 1. The minimum atomic E-state index is 0.506. The molecule has 0 amide bonds. The van der Waals surface area contributed by atoms with Gasteiger partial charge in [-0.3, -0.25) is 5.10 Å². The van der Waals surface area contributed by atoms with Gasteiger partial charge in [-0.25, -0.2) is 0 Å². The summed E-state index contributed by atoms with van der Waals surface area (Å²) in [6, 6.07) is 15.3. The van der Waals surface area contributed by atoms with E-state index in [1.54, 1.807) is 0 Å². The molecule has 1 aromatic heterocycles. The van der Waals surface area contributed by atoms with Gasteiger partial charge in [-0.2, -0.15) is 5.10 Å². The average molecular weight is 225 g/mol. The Kier molecular flexibility index (Phi) is 2.19. The van der Waals surface area contributed by atoms with Crippen LogP contribution in [0.3, 0.4) is 0 Å². The minimum absolute atomic E-state index is 0.506. The number of nitrogens with zero attached hydrogens (tertiary/aromatic N) is 1. The van der Waals surface area contributed by atoms with Gasteiger partial charge in [0.05, 0.1) is 5.52 Å². The van der Waals surface area contributed by atoms with E-state index in [0.29, 0.717) is 5.82 Å². The molecule has 4 nitrogen and oxygen atoms in total. The van der Waals surface area contributed by atoms with Gasteiger partial charge in [-0.05, 0) is 24.3 Å². The van der Waals surface area contributed by atoms with E-state index in [1.807, 2.05) is 48.5 Å². The van der Waals surface area contributed by atoms with Crippen molar-refractivity contribution in [3.05, 3.63) is 48.5 Å². The number of rotatable bonds is 2. The summed E-state index contributed by atoms with van der Waals surface area (Å²) in [6.07, 6.45) is 0. The predicted octanol–water partition coefficient (Wildman–Crippen LogP) is 2.94. The topological polar surface area (TPSA) is 63.9 Å². The highest BCUT2D eigenvalue weighted by Gasteiger charge is 2.03. The summed E-state index contributed by atoms with van der Waals surface area (Å²) in [5, 5.41) is 7.71. The third kappa shape index (κ3) is 1.80. The van der Waals surface area contributed by atoms with E-state index in [-0.39, 0.29) is 0 Å². The maximum atomic E-state index is 5.71. The maximum absolute atomic E-state index is 5.71. The first kappa shape index (κ1) is 9.72. The quantitative estimate of drug-likeness (QED) is 0.704. The second-order valence-corrected chi connectivity index (χ2v) is 3.73. The van der Waals surface area contributed by atoms with Crippen LogP contribution in [0.25, 0.3) is 10.9 Å². The van der Waals surface area contributed by atoms with E-state index >= 15 is 0 Å². The molecule has 0 saturated heterocycles. The predicted molar refractivity (Wildman–Crippen MR) is 67.0 cm³/mol. The van der Waals surface area contributed by atoms with Gasteiger partial charge in [0.15, 0.2) is 5.82 Å². The fourth-order valence-electron chi connectivity index (χ4n) is 1.71. The van der Waals surface area contributed by atoms with Crippen LogP contribution in [-0.4, -0.2) is 10.2 Å². The Morgan fingerprint density at radius 2 is 1.82 bits per heavy atom.